The molecule has 0 radical (unpaired) electrons. The molecule has 0 saturated heterocycles. The summed E-state index contributed by atoms with van der Waals surface area (Å²) in [6.45, 7) is 2.84. The van der Waals surface area contributed by atoms with E-state index in [2.05, 4.69) is 6.92 Å². The summed E-state index contributed by atoms with van der Waals surface area (Å²) in [7, 11) is 0. The van der Waals surface area contributed by atoms with Crippen LogP contribution in [-0.2, 0) is 0 Å². The van der Waals surface area contributed by atoms with E-state index in [0.29, 0.717) is 29.8 Å². The quantitative estimate of drug-likeness (QED) is 0.0592. The van der Waals surface area contributed by atoms with Crippen LogP contribution in [0, 0.1) is 0 Å². The highest BCUT2D eigenvalue weighted by Gasteiger charge is 2.14. The van der Waals surface area contributed by atoms with Gasteiger partial charge in [0, 0.05) is 5.56 Å². The van der Waals surface area contributed by atoms with Crippen LogP contribution in [0.2, 0.25) is 0 Å². The van der Waals surface area contributed by atoms with Crippen molar-refractivity contribution in [2.75, 3.05) is 6.61 Å². The molecule has 0 fully saturated rings. The summed E-state index contributed by atoms with van der Waals surface area (Å²) >= 11 is 0. The van der Waals surface area contributed by atoms with Crippen LogP contribution in [0.15, 0.2) is 97.1 Å². The molecule has 4 aromatic carbocycles. The first-order valence-electron chi connectivity index (χ1n) is 14.6. The third-order valence-corrected chi connectivity index (χ3v) is 6.66. The molecule has 8 heteroatoms. The fourth-order valence-corrected chi connectivity index (χ4v) is 4.22. The summed E-state index contributed by atoms with van der Waals surface area (Å²) in [4.78, 5) is 48.6. The summed E-state index contributed by atoms with van der Waals surface area (Å²) in [6.07, 6.45) is 7.82. The Labute approximate surface area is 256 Å². The van der Waals surface area contributed by atoms with E-state index < -0.39 is 17.9 Å². The van der Waals surface area contributed by atoms with Crippen LogP contribution < -0.4 is 18.9 Å². The lowest BCUT2D eigenvalue weighted by Crippen LogP contribution is -2.11. The van der Waals surface area contributed by atoms with Crippen molar-refractivity contribution < 1.29 is 38.1 Å². The number of hydrogen-bond donors (Lipinski definition) is 0. The lowest BCUT2D eigenvalue weighted by Gasteiger charge is -2.09. The molecular weight excluding hydrogens is 560 g/mol. The molecule has 0 aliphatic rings. The van der Waals surface area contributed by atoms with E-state index in [-0.39, 0.29) is 28.4 Å². The summed E-state index contributed by atoms with van der Waals surface area (Å²) < 4.78 is 21.9. The summed E-state index contributed by atoms with van der Waals surface area (Å²) in [5.41, 5.74) is 1.23. The van der Waals surface area contributed by atoms with Crippen molar-refractivity contribution >= 4 is 24.2 Å². The molecule has 0 saturated carbocycles. The van der Waals surface area contributed by atoms with Gasteiger partial charge in [-0.3, -0.25) is 4.79 Å². The van der Waals surface area contributed by atoms with Gasteiger partial charge in [0.2, 0.25) is 0 Å². The molecule has 8 nitrogen and oxygen atoms in total. The molecule has 0 aliphatic heterocycles. The lowest BCUT2D eigenvalue weighted by atomic mass is 10.1. The number of aldehydes is 1. The van der Waals surface area contributed by atoms with Gasteiger partial charge in [-0.05, 0) is 97.4 Å². The number of rotatable bonds is 15. The Kier molecular flexibility index (Phi) is 11.8. The Hall–Kier alpha value is -5.24. The van der Waals surface area contributed by atoms with Crippen LogP contribution in [0.25, 0.3) is 0 Å². The minimum Gasteiger partial charge on any atom is -0.494 e. The molecule has 0 N–H and O–H groups in total. The van der Waals surface area contributed by atoms with Crippen molar-refractivity contribution in [3.8, 4) is 23.0 Å². The molecule has 4 rings (SSSR count). The fraction of sp³-hybridized carbons (Fsp3) is 0.222. The van der Waals surface area contributed by atoms with Crippen LogP contribution >= 0.6 is 0 Å². The van der Waals surface area contributed by atoms with Crippen molar-refractivity contribution in [3.63, 3.8) is 0 Å². The molecule has 0 unspecified atom stereocenters. The van der Waals surface area contributed by atoms with Gasteiger partial charge in [-0.25, -0.2) is 14.4 Å². The third kappa shape index (κ3) is 9.66. The van der Waals surface area contributed by atoms with E-state index >= 15 is 0 Å². The van der Waals surface area contributed by atoms with E-state index in [0.717, 1.165) is 12.8 Å². The number of hydrogen-bond acceptors (Lipinski definition) is 8. The van der Waals surface area contributed by atoms with Gasteiger partial charge in [0.05, 0.1) is 23.3 Å². The third-order valence-electron chi connectivity index (χ3n) is 6.66. The van der Waals surface area contributed by atoms with Gasteiger partial charge in [0.1, 0.15) is 29.3 Å². The zero-order chi connectivity index (χ0) is 31.1. The Morgan fingerprint density at radius 2 is 1.05 bits per heavy atom. The first-order chi connectivity index (χ1) is 21.4. The molecule has 226 valence electrons. The molecule has 0 spiro atoms. The van der Waals surface area contributed by atoms with E-state index in [1.54, 1.807) is 30.3 Å². The standard InChI is InChI=1S/C36H34O8/c1-2-3-4-5-6-7-23-41-30-19-13-27(14-20-30)34(38)42-32-21-15-28(16-22-32)35(39)44-33-10-8-9-29(24-33)36(40)43-31-17-11-26(25-37)12-18-31/h8-22,24-25H,2-7,23H2,1H3. The molecule has 44 heavy (non-hydrogen) atoms. The topological polar surface area (TPSA) is 105 Å². The van der Waals surface area contributed by atoms with Crippen LogP contribution in [0.5, 0.6) is 23.0 Å². The smallest absolute Gasteiger partial charge is 0.343 e. The van der Waals surface area contributed by atoms with Gasteiger partial charge in [-0.15, -0.1) is 0 Å². The highest BCUT2D eigenvalue weighted by atomic mass is 16.5. The number of carbonyl (C=O) groups excluding carboxylic acids is 4. The molecule has 0 aliphatic carbocycles. The maximum Gasteiger partial charge on any atom is 0.343 e. The predicted molar refractivity (Wildman–Crippen MR) is 165 cm³/mol. The molecular formula is C36H34O8. The minimum absolute atomic E-state index is 0.149. The van der Waals surface area contributed by atoms with E-state index in [1.165, 1.54) is 92.4 Å². The molecule has 0 bridgehead atoms. The summed E-state index contributed by atoms with van der Waals surface area (Å²) in [5, 5.41) is 0. The van der Waals surface area contributed by atoms with Crippen molar-refractivity contribution in [2.45, 2.75) is 45.4 Å². The normalized spacial score (nSPS) is 10.5. The zero-order valence-electron chi connectivity index (χ0n) is 24.5. The number of unbranched alkanes of at least 4 members (excludes halogenated alkanes) is 5. The van der Waals surface area contributed by atoms with Gasteiger partial charge in [-0.1, -0.05) is 45.1 Å². The Bertz CT molecular complexity index is 1540. The van der Waals surface area contributed by atoms with Crippen molar-refractivity contribution in [3.05, 3.63) is 119 Å². The largest absolute Gasteiger partial charge is 0.494 e. The highest BCUT2D eigenvalue weighted by Crippen LogP contribution is 2.21. The van der Waals surface area contributed by atoms with Gasteiger partial charge in [-0.2, -0.15) is 0 Å². The molecule has 4 aromatic rings. The van der Waals surface area contributed by atoms with Crippen molar-refractivity contribution in [2.24, 2.45) is 0 Å². The average Bonchev–Trinajstić information content (AvgIpc) is 3.05. The van der Waals surface area contributed by atoms with Crippen LogP contribution in [0.1, 0.15) is 86.9 Å². The molecule has 0 aromatic heterocycles. The fourth-order valence-electron chi connectivity index (χ4n) is 4.22. The number of benzene rings is 4. The van der Waals surface area contributed by atoms with Crippen molar-refractivity contribution in [1.29, 1.82) is 0 Å². The van der Waals surface area contributed by atoms with Crippen molar-refractivity contribution in [1.82, 2.24) is 0 Å². The maximum absolute atomic E-state index is 12.7. The zero-order valence-corrected chi connectivity index (χ0v) is 24.5. The molecule has 0 amide bonds. The van der Waals surface area contributed by atoms with Gasteiger partial charge in [0.15, 0.2) is 0 Å². The summed E-state index contributed by atoms with van der Waals surface area (Å²) in [6, 6.07) is 24.8. The monoisotopic (exact) mass is 594 g/mol. The second-order valence-electron chi connectivity index (χ2n) is 10.0. The SMILES string of the molecule is CCCCCCCCOc1ccc(C(=O)Oc2ccc(C(=O)Oc3cccc(C(=O)Oc4ccc(C=O)cc4)c3)cc2)cc1. The minimum atomic E-state index is -0.658. The van der Waals surface area contributed by atoms with E-state index in [4.69, 9.17) is 18.9 Å². The Balaban J connectivity index is 1.25. The second-order valence-corrected chi connectivity index (χ2v) is 10.0. The summed E-state index contributed by atoms with van der Waals surface area (Å²) in [5.74, 6) is -0.459. The lowest BCUT2D eigenvalue weighted by molar-refractivity contribution is 0.0714. The maximum atomic E-state index is 12.7. The number of ether oxygens (including phenoxy) is 4. The average molecular weight is 595 g/mol. The van der Waals surface area contributed by atoms with E-state index in [9.17, 15) is 19.2 Å². The second kappa shape index (κ2) is 16.4. The number of esters is 3. The van der Waals surface area contributed by atoms with Crippen LogP contribution in [-0.4, -0.2) is 30.8 Å². The highest BCUT2D eigenvalue weighted by molar-refractivity contribution is 5.94. The Morgan fingerprint density at radius 1 is 0.545 bits per heavy atom. The van der Waals surface area contributed by atoms with Gasteiger partial charge >= 0.3 is 17.9 Å². The molecule has 0 atom stereocenters. The first kappa shape index (κ1) is 31.7. The van der Waals surface area contributed by atoms with Gasteiger partial charge < -0.3 is 18.9 Å². The van der Waals surface area contributed by atoms with Gasteiger partial charge in [0.25, 0.3) is 0 Å². The number of carbonyl (C=O) groups is 4. The van der Waals surface area contributed by atoms with Crippen LogP contribution in [0.3, 0.4) is 0 Å². The van der Waals surface area contributed by atoms with E-state index in [1.807, 2.05) is 0 Å². The first-order valence-corrected chi connectivity index (χ1v) is 14.6. The predicted octanol–water partition coefficient (Wildman–Crippen LogP) is 7.90. The molecule has 0 heterocycles. The van der Waals surface area contributed by atoms with Crippen LogP contribution in [0.4, 0.5) is 0 Å². The Morgan fingerprint density at radius 3 is 1.64 bits per heavy atom.